The molecule has 1 N–H and O–H groups in total. The molecule has 0 aliphatic rings. The molecular formula is C31H38ClN3O5S2. The zero-order chi connectivity index (χ0) is 30.9. The fourth-order valence-electron chi connectivity index (χ4n) is 4.10. The summed E-state index contributed by atoms with van der Waals surface area (Å²) in [6, 6.07) is 19.1. The van der Waals surface area contributed by atoms with Gasteiger partial charge >= 0.3 is 0 Å². The molecule has 0 heterocycles. The van der Waals surface area contributed by atoms with Crippen LogP contribution in [0.2, 0.25) is 5.02 Å². The van der Waals surface area contributed by atoms with Crippen molar-refractivity contribution in [2.24, 2.45) is 5.92 Å². The van der Waals surface area contributed by atoms with Gasteiger partial charge in [0.1, 0.15) is 18.3 Å². The lowest BCUT2D eigenvalue weighted by Gasteiger charge is -2.32. The van der Waals surface area contributed by atoms with Crippen molar-refractivity contribution < 1.29 is 22.7 Å². The molecule has 11 heteroatoms. The molecule has 0 bridgehead atoms. The second kappa shape index (κ2) is 15.3. The summed E-state index contributed by atoms with van der Waals surface area (Å²) in [6.45, 7) is 7.93. The largest absolute Gasteiger partial charge is 0.494 e. The summed E-state index contributed by atoms with van der Waals surface area (Å²) in [6.07, 6.45) is 1.90. The van der Waals surface area contributed by atoms with Crippen LogP contribution in [-0.2, 0) is 26.2 Å². The number of carbonyl (C=O) groups is 2. The van der Waals surface area contributed by atoms with Crippen LogP contribution in [-0.4, -0.2) is 57.1 Å². The molecule has 0 fully saturated rings. The van der Waals surface area contributed by atoms with Gasteiger partial charge in [0.15, 0.2) is 0 Å². The van der Waals surface area contributed by atoms with E-state index in [4.69, 9.17) is 16.3 Å². The van der Waals surface area contributed by atoms with E-state index in [1.165, 1.54) is 28.8 Å². The fourth-order valence-corrected chi connectivity index (χ4v) is 6.05. The first-order valence-corrected chi connectivity index (χ1v) is 16.7. The molecule has 3 aromatic carbocycles. The number of hydrogen-bond acceptors (Lipinski definition) is 6. The van der Waals surface area contributed by atoms with E-state index in [-0.39, 0.29) is 23.3 Å². The number of thioether (sulfide) groups is 1. The summed E-state index contributed by atoms with van der Waals surface area (Å²) in [5, 5.41) is 3.42. The minimum absolute atomic E-state index is 0.0500. The Hall–Kier alpha value is -3.21. The molecule has 0 saturated heterocycles. The van der Waals surface area contributed by atoms with Crippen molar-refractivity contribution in [2.45, 2.75) is 50.1 Å². The number of sulfonamides is 1. The highest BCUT2D eigenvalue weighted by atomic mass is 35.5. The number of hydrogen-bond donors (Lipinski definition) is 1. The van der Waals surface area contributed by atoms with E-state index in [9.17, 15) is 18.0 Å². The minimum Gasteiger partial charge on any atom is -0.494 e. The summed E-state index contributed by atoms with van der Waals surface area (Å²) < 4.78 is 34.6. The standard InChI is InChI=1S/C31H38ClN3O5S2/c1-6-40-27-13-11-26(12-14-27)35(42(38,39)29-17-15-28(41-5)16-18-29)21-30(36)34(20-24-7-9-25(32)10-8-24)23(4)31(37)33-19-22(2)3/h7-18,22-23H,6,19-21H2,1-5H3,(H,33,37). The predicted molar refractivity (Wildman–Crippen MR) is 170 cm³/mol. The maximum absolute atomic E-state index is 14.0. The van der Waals surface area contributed by atoms with Gasteiger partial charge < -0.3 is 15.0 Å². The van der Waals surface area contributed by atoms with Gasteiger partial charge in [0, 0.05) is 23.0 Å². The van der Waals surface area contributed by atoms with Gasteiger partial charge in [-0.25, -0.2) is 8.42 Å². The van der Waals surface area contributed by atoms with Crippen molar-refractivity contribution in [1.29, 1.82) is 0 Å². The monoisotopic (exact) mass is 631 g/mol. The molecule has 1 unspecified atom stereocenters. The van der Waals surface area contributed by atoms with E-state index in [2.05, 4.69) is 5.32 Å². The van der Waals surface area contributed by atoms with Crippen LogP contribution in [0.4, 0.5) is 5.69 Å². The number of ether oxygens (including phenoxy) is 1. The first-order chi connectivity index (χ1) is 20.0. The van der Waals surface area contributed by atoms with Crippen LogP contribution in [0.15, 0.2) is 82.6 Å². The van der Waals surface area contributed by atoms with Crippen LogP contribution in [0.5, 0.6) is 5.75 Å². The van der Waals surface area contributed by atoms with E-state index in [1.807, 2.05) is 27.0 Å². The van der Waals surface area contributed by atoms with Gasteiger partial charge in [-0.05, 0) is 92.2 Å². The van der Waals surface area contributed by atoms with E-state index in [0.29, 0.717) is 29.6 Å². The molecule has 2 amide bonds. The highest BCUT2D eigenvalue weighted by molar-refractivity contribution is 7.98. The zero-order valence-electron chi connectivity index (χ0n) is 24.5. The summed E-state index contributed by atoms with van der Waals surface area (Å²) >= 11 is 7.56. The molecule has 8 nitrogen and oxygen atoms in total. The lowest BCUT2D eigenvalue weighted by atomic mass is 10.1. The Morgan fingerprint density at radius 1 is 0.952 bits per heavy atom. The first-order valence-electron chi connectivity index (χ1n) is 13.7. The van der Waals surface area contributed by atoms with Gasteiger partial charge in [0.25, 0.3) is 10.0 Å². The Morgan fingerprint density at radius 2 is 1.57 bits per heavy atom. The molecular weight excluding hydrogens is 594 g/mol. The van der Waals surface area contributed by atoms with Gasteiger partial charge in [-0.2, -0.15) is 0 Å². The molecule has 0 saturated carbocycles. The SMILES string of the molecule is CCOc1ccc(N(CC(=O)N(Cc2ccc(Cl)cc2)C(C)C(=O)NCC(C)C)S(=O)(=O)c2ccc(SC)cc2)cc1. The number of nitrogens with zero attached hydrogens (tertiary/aromatic N) is 2. The first kappa shape index (κ1) is 33.3. The van der Waals surface area contributed by atoms with Crippen molar-refractivity contribution in [3.05, 3.63) is 83.4 Å². The third-order valence-electron chi connectivity index (χ3n) is 6.48. The number of benzene rings is 3. The smallest absolute Gasteiger partial charge is 0.264 e. The number of anilines is 1. The average molecular weight is 632 g/mol. The third kappa shape index (κ3) is 8.89. The highest BCUT2D eigenvalue weighted by Crippen LogP contribution is 2.28. The van der Waals surface area contributed by atoms with Gasteiger partial charge in [0.05, 0.1) is 17.2 Å². The quantitative estimate of drug-likeness (QED) is 0.225. The average Bonchev–Trinajstić information content (AvgIpc) is 2.98. The number of halogens is 1. The number of carbonyl (C=O) groups excluding carboxylic acids is 2. The van der Waals surface area contributed by atoms with E-state index in [1.54, 1.807) is 67.6 Å². The van der Waals surface area contributed by atoms with Gasteiger partial charge in [-0.3, -0.25) is 13.9 Å². The van der Waals surface area contributed by atoms with Gasteiger partial charge in [0.2, 0.25) is 11.8 Å². The normalized spacial score (nSPS) is 12.1. The van der Waals surface area contributed by atoms with Gasteiger partial charge in [-0.15, -0.1) is 11.8 Å². The molecule has 0 aromatic heterocycles. The van der Waals surface area contributed by atoms with Crippen LogP contribution in [0.3, 0.4) is 0 Å². The Balaban J connectivity index is 2.01. The van der Waals surface area contributed by atoms with Crippen molar-refractivity contribution in [3.8, 4) is 5.75 Å². The summed E-state index contributed by atoms with van der Waals surface area (Å²) in [7, 11) is -4.16. The molecule has 0 aliphatic carbocycles. The summed E-state index contributed by atoms with van der Waals surface area (Å²) in [5.41, 5.74) is 1.04. The van der Waals surface area contributed by atoms with E-state index >= 15 is 0 Å². The predicted octanol–water partition coefficient (Wildman–Crippen LogP) is 5.85. The molecule has 42 heavy (non-hydrogen) atoms. The Bertz CT molecular complexity index is 1430. The molecule has 3 aromatic rings. The van der Waals surface area contributed by atoms with E-state index in [0.717, 1.165) is 14.8 Å². The van der Waals surface area contributed by atoms with E-state index < -0.39 is 28.5 Å². The highest BCUT2D eigenvalue weighted by Gasteiger charge is 2.32. The second-order valence-corrected chi connectivity index (χ2v) is 13.3. The van der Waals surface area contributed by atoms with Crippen molar-refractivity contribution in [3.63, 3.8) is 0 Å². The fraction of sp³-hybridized carbons (Fsp3) is 0.355. The lowest BCUT2D eigenvalue weighted by Crippen LogP contribution is -2.51. The van der Waals surface area contributed by atoms with Crippen LogP contribution >= 0.6 is 23.4 Å². The Kier molecular flexibility index (Phi) is 12.1. The van der Waals surface area contributed by atoms with Crippen molar-refractivity contribution >= 4 is 50.9 Å². The van der Waals surface area contributed by atoms with Crippen molar-refractivity contribution in [1.82, 2.24) is 10.2 Å². The molecule has 1 atom stereocenters. The van der Waals surface area contributed by atoms with Crippen LogP contribution in [0.1, 0.15) is 33.3 Å². The lowest BCUT2D eigenvalue weighted by molar-refractivity contribution is -0.139. The van der Waals surface area contributed by atoms with Crippen LogP contribution in [0, 0.1) is 5.92 Å². The molecule has 0 aliphatic heterocycles. The molecule has 0 radical (unpaired) electrons. The van der Waals surface area contributed by atoms with Crippen LogP contribution < -0.4 is 14.4 Å². The number of amides is 2. The number of rotatable bonds is 14. The molecule has 0 spiro atoms. The molecule has 3 rings (SSSR count). The van der Waals surface area contributed by atoms with Crippen LogP contribution in [0.25, 0.3) is 0 Å². The topological polar surface area (TPSA) is 96.0 Å². The summed E-state index contributed by atoms with van der Waals surface area (Å²) in [5.74, 6) is -0.0575. The number of nitrogens with one attached hydrogen (secondary N) is 1. The maximum atomic E-state index is 14.0. The maximum Gasteiger partial charge on any atom is 0.264 e. The second-order valence-electron chi connectivity index (χ2n) is 10.1. The zero-order valence-corrected chi connectivity index (χ0v) is 26.9. The Morgan fingerprint density at radius 3 is 2.12 bits per heavy atom. The van der Waals surface area contributed by atoms with Gasteiger partial charge in [-0.1, -0.05) is 37.6 Å². The molecule has 226 valence electrons. The Labute approximate surface area is 258 Å². The third-order valence-corrected chi connectivity index (χ3v) is 9.26. The minimum atomic E-state index is -4.16. The summed E-state index contributed by atoms with van der Waals surface area (Å²) in [4.78, 5) is 29.5. The van der Waals surface area contributed by atoms with Crippen molar-refractivity contribution in [2.75, 3.05) is 30.3 Å².